The van der Waals surface area contributed by atoms with Gasteiger partial charge in [-0.05, 0) is 18.6 Å². The average Bonchev–Trinajstić information content (AvgIpc) is 2.97. The third kappa shape index (κ3) is 4.75. The second-order valence-electron chi connectivity index (χ2n) is 8.15. The monoisotopic (exact) mass is 482 g/mol. The number of benzene rings is 1. The maximum atomic E-state index is 14.9. The molecule has 0 aromatic heterocycles. The number of anilines is 1. The Labute approximate surface area is 189 Å². The molecule has 11 nitrogen and oxygen atoms in total. The molecule has 0 bridgehead atoms. The van der Waals surface area contributed by atoms with E-state index in [-0.39, 0.29) is 36.3 Å². The van der Waals surface area contributed by atoms with Crippen LogP contribution in [0.2, 0.25) is 0 Å². The quantitative estimate of drug-likeness (QED) is 0.414. The summed E-state index contributed by atoms with van der Waals surface area (Å²) in [4.78, 5) is 53.8. The summed E-state index contributed by atoms with van der Waals surface area (Å²) >= 11 is 0. The van der Waals surface area contributed by atoms with E-state index in [2.05, 4.69) is 5.32 Å². The van der Waals surface area contributed by atoms with Crippen LogP contribution in [0.25, 0.3) is 0 Å². The molecule has 2 fully saturated rings. The van der Waals surface area contributed by atoms with E-state index in [1.54, 1.807) is 4.90 Å². The van der Waals surface area contributed by atoms with Crippen molar-refractivity contribution in [2.45, 2.75) is 18.9 Å². The van der Waals surface area contributed by atoms with Crippen molar-refractivity contribution in [2.24, 2.45) is 0 Å². The van der Waals surface area contributed by atoms with Crippen molar-refractivity contribution in [2.75, 3.05) is 50.5 Å². The number of nitrogens with zero attached hydrogens (tertiary/aromatic N) is 3. The molecule has 4 amide bonds. The molecule has 178 valence electrons. The van der Waals surface area contributed by atoms with Gasteiger partial charge in [-0.15, -0.1) is 0 Å². The summed E-state index contributed by atoms with van der Waals surface area (Å²) in [6, 6.07) is 1.24. The Morgan fingerprint density at radius 2 is 1.70 bits per heavy atom. The van der Waals surface area contributed by atoms with E-state index in [0.717, 1.165) is 17.2 Å². The van der Waals surface area contributed by atoms with Crippen molar-refractivity contribution in [1.29, 1.82) is 0 Å². The Balaban J connectivity index is 1.46. The van der Waals surface area contributed by atoms with Gasteiger partial charge in [-0.2, -0.15) is 8.42 Å². The van der Waals surface area contributed by atoms with Gasteiger partial charge in [0.15, 0.2) is 0 Å². The molecular weight excluding hydrogens is 459 g/mol. The Morgan fingerprint density at radius 1 is 1.06 bits per heavy atom. The first-order chi connectivity index (χ1) is 15.5. The number of imide groups is 2. The molecule has 0 spiro atoms. The number of fused-ring (bicyclic) bond motifs is 1. The molecule has 1 N–H and O–H groups in total. The minimum atomic E-state index is -3.51. The molecule has 0 aliphatic carbocycles. The molecule has 0 saturated carbocycles. The van der Waals surface area contributed by atoms with Gasteiger partial charge in [0.05, 0.1) is 29.7 Å². The normalized spacial score (nSPS) is 22.1. The Kier molecular flexibility index (Phi) is 6.20. The standard InChI is InChI=1S/C20H23FN4O7S/c1-33(30,31)32-9-8-23-4-6-24(7-5-23)16-11-13-12(10-14(16)21)19(28)25(20(13)29)15-2-3-17(26)22-18(15)27/h10-11,15H,2-9H2,1H3,(H,22,26,27). The fourth-order valence-corrected chi connectivity index (χ4v) is 4.63. The number of piperidine rings is 1. The molecule has 1 unspecified atom stereocenters. The summed E-state index contributed by atoms with van der Waals surface area (Å²) in [7, 11) is -3.51. The zero-order chi connectivity index (χ0) is 23.9. The fraction of sp³-hybridized carbons (Fsp3) is 0.500. The van der Waals surface area contributed by atoms with Crippen LogP contribution in [0, 0.1) is 5.82 Å². The van der Waals surface area contributed by atoms with E-state index in [4.69, 9.17) is 4.18 Å². The van der Waals surface area contributed by atoms with E-state index in [1.807, 2.05) is 4.90 Å². The highest BCUT2D eigenvalue weighted by Crippen LogP contribution is 2.33. The van der Waals surface area contributed by atoms with Gasteiger partial charge in [-0.3, -0.25) is 38.5 Å². The van der Waals surface area contributed by atoms with Crippen LogP contribution in [0.4, 0.5) is 10.1 Å². The molecule has 1 aromatic carbocycles. The van der Waals surface area contributed by atoms with E-state index in [9.17, 15) is 32.0 Å². The second kappa shape index (κ2) is 8.80. The number of hydrogen-bond donors (Lipinski definition) is 1. The van der Waals surface area contributed by atoms with Crippen LogP contribution in [-0.4, -0.2) is 93.5 Å². The minimum Gasteiger partial charge on any atom is -0.367 e. The van der Waals surface area contributed by atoms with E-state index in [0.29, 0.717) is 32.7 Å². The van der Waals surface area contributed by atoms with Crippen LogP contribution >= 0.6 is 0 Å². The van der Waals surface area contributed by atoms with Crippen LogP contribution in [0.15, 0.2) is 12.1 Å². The summed E-state index contributed by atoms with van der Waals surface area (Å²) in [6.45, 7) is 2.33. The van der Waals surface area contributed by atoms with Gasteiger partial charge >= 0.3 is 0 Å². The maximum absolute atomic E-state index is 14.9. The van der Waals surface area contributed by atoms with Gasteiger partial charge in [0.2, 0.25) is 11.8 Å². The van der Waals surface area contributed by atoms with Crippen LogP contribution in [-0.2, 0) is 23.9 Å². The fourth-order valence-electron chi connectivity index (χ4n) is 4.25. The summed E-state index contributed by atoms with van der Waals surface area (Å²) in [6.07, 6.45) is 1.01. The lowest BCUT2D eigenvalue weighted by Crippen LogP contribution is -2.54. The summed E-state index contributed by atoms with van der Waals surface area (Å²) in [5, 5.41) is 2.12. The molecular formula is C20H23FN4O7S. The van der Waals surface area contributed by atoms with Crippen molar-refractivity contribution in [3.8, 4) is 0 Å². The molecule has 3 heterocycles. The summed E-state index contributed by atoms with van der Waals surface area (Å²) < 4.78 is 41.8. The largest absolute Gasteiger partial charge is 0.367 e. The minimum absolute atomic E-state index is 0.00290. The van der Waals surface area contributed by atoms with Gasteiger partial charge in [0, 0.05) is 39.1 Å². The van der Waals surface area contributed by atoms with Crippen LogP contribution in [0.1, 0.15) is 33.6 Å². The second-order valence-corrected chi connectivity index (χ2v) is 9.80. The van der Waals surface area contributed by atoms with Crippen molar-refractivity contribution in [3.05, 3.63) is 29.1 Å². The third-order valence-corrected chi connectivity index (χ3v) is 6.52. The van der Waals surface area contributed by atoms with Gasteiger partial charge < -0.3 is 4.90 Å². The average molecular weight is 482 g/mol. The number of halogens is 1. The topological polar surface area (TPSA) is 133 Å². The van der Waals surface area contributed by atoms with Crippen LogP contribution in [0.3, 0.4) is 0 Å². The van der Waals surface area contributed by atoms with Gasteiger partial charge in [-0.1, -0.05) is 0 Å². The van der Waals surface area contributed by atoms with Gasteiger partial charge in [0.25, 0.3) is 21.9 Å². The van der Waals surface area contributed by atoms with Gasteiger partial charge in [-0.25, -0.2) is 4.39 Å². The van der Waals surface area contributed by atoms with Crippen LogP contribution in [0.5, 0.6) is 0 Å². The lowest BCUT2D eigenvalue weighted by molar-refractivity contribution is -0.136. The molecule has 0 radical (unpaired) electrons. The summed E-state index contributed by atoms with van der Waals surface area (Å²) in [5.41, 5.74) is 0.0830. The van der Waals surface area contributed by atoms with Crippen molar-refractivity contribution in [1.82, 2.24) is 15.1 Å². The zero-order valence-corrected chi connectivity index (χ0v) is 18.7. The highest BCUT2D eigenvalue weighted by molar-refractivity contribution is 7.85. The smallest absolute Gasteiger partial charge is 0.264 e. The first-order valence-electron chi connectivity index (χ1n) is 10.4. The molecule has 2 saturated heterocycles. The number of carbonyl (C=O) groups excluding carboxylic acids is 4. The lowest BCUT2D eigenvalue weighted by Gasteiger charge is -2.36. The van der Waals surface area contributed by atoms with E-state index >= 15 is 0 Å². The third-order valence-electron chi connectivity index (χ3n) is 5.93. The highest BCUT2D eigenvalue weighted by Gasteiger charge is 2.45. The van der Waals surface area contributed by atoms with Crippen molar-refractivity contribution >= 4 is 39.4 Å². The molecule has 1 aromatic rings. The number of rotatable bonds is 6. The molecule has 13 heteroatoms. The molecule has 33 heavy (non-hydrogen) atoms. The first kappa shape index (κ1) is 23.3. The summed E-state index contributed by atoms with van der Waals surface area (Å²) in [5.74, 6) is -3.30. The van der Waals surface area contributed by atoms with Gasteiger partial charge in [0.1, 0.15) is 11.9 Å². The number of amides is 4. The molecule has 4 rings (SSSR count). The number of piperazine rings is 1. The number of nitrogens with one attached hydrogen (secondary N) is 1. The SMILES string of the molecule is CS(=O)(=O)OCCN1CCN(c2cc3c(cc2F)C(=O)N(C2CCC(=O)NC2=O)C3=O)CC1. The molecule has 3 aliphatic heterocycles. The number of hydrogen-bond acceptors (Lipinski definition) is 9. The first-order valence-corrected chi connectivity index (χ1v) is 12.2. The number of carbonyl (C=O) groups is 4. The lowest BCUT2D eigenvalue weighted by atomic mass is 10.0. The Hall–Kier alpha value is -2.90. The van der Waals surface area contributed by atoms with Crippen molar-refractivity contribution in [3.63, 3.8) is 0 Å². The van der Waals surface area contributed by atoms with Crippen LogP contribution < -0.4 is 10.2 Å². The van der Waals surface area contributed by atoms with E-state index < -0.39 is 45.6 Å². The van der Waals surface area contributed by atoms with E-state index in [1.165, 1.54) is 6.07 Å². The highest BCUT2D eigenvalue weighted by atomic mass is 32.2. The molecule has 1 atom stereocenters. The maximum Gasteiger partial charge on any atom is 0.264 e. The zero-order valence-electron chi connectivity index (χ0n) is 17.9. The predicted molar refractivity (Wildman–Crippen MR) is 113 cm³/mol. The Morgan fingerprint density at radius 3 is 2.30 bits per heavy atom. The van der Waals surface area contributed by atoms with Crippen molar-refractivity contribution < 1.29 is 36.2 Å². The predicted octanol–water partition coefficient (Wildman–Crippen LogP) is -0.675. The molecule has 3 aliphatic rings. The Bertz CT molecular complexity index is 1130.